The highest BCUT2D eigenvalue weighted by atomic mass is 19.1. The average Bonchev–Trinajstić information content (AvgIpc) is 2.73. The minimum absolute atomic E-state index is 0.265. The fourth-order valence-corrected chi connectivity index (χ4v) is 3.38. The maximum absolute atomic E-state index is 13.8. The second-order valence-electron chi connectivity index (χ2n) is 6.70. The molecule has 0 bridgehead atoms. The zero-order valence-electron chi connectivity index (χ0n) is 15.4. The van der Waals surface area contributed by atoms with Crippen molar-refractivity contribution in [1.82, 2.24) is 10.3 Å². The Morgan fingerprint density at radius 1 is 0.893 bits per heavy atom. The van der Waals surface area contributed by atoms with Crippen LogP contribution in [-0.2, 0) is 0 Å². The summed E-state index contributed by atoms with van der Waals surface area (Å²) in [6.45, 7) is 1.82. The summed E-state index contributed by atoms with van der Waals surface area (Å²) in [4.78, 5) is 17.6. The Hall–Kier alpha value is -3.53. The maximum atomic E-state index is 13.8. The molecule has 1 amide bonds. The van der Waals surface area contributed by atoms with E-state index in [1.165, 1.54) is 12.1 Å². The first-order valence-corrected chi connectivity index (χ1v) is 9.09. The number of benzene rings is 3. The second kappa shape index (κ2) is 7.61. The highest BCUT2D eigenvalue weighted by molar-refractivity contribution is 6.06. The number of halogens is 1. The molecule has 4 aromatic rings. The van der Waals surface area contributed by atoms with Crippen LogP contribution >= 0.6 is 0 Å². The Bertz CT molecular complexity index is 1090. The van der Waals surface area contributed by atoms with E-state index in [0.717, 1.165) is 11.1 Å². The van der Waals surface area contributed by atoms with Crippen molar-refractivity contribution in [3.8, 4) is 0 Å². The van der Waals surface area contributed by atoms with E-state index < -0.39 is 5.82 Å². The van der Waals surface area contributed by atoms with E-state index >= 15 is 0 Å². The quantitative estimate of drug-likeness (QED) is 0.536. The summed E-state index contributed by atoms with van der Waals surface area (Å²) in [5, 5.41) is 3.62. The molecule has 0 atom stereocenters. The zero-order chi connectivity index (χ0) is 19.5. The van der Waals surface area contributed by atoms with Gasteiger partial charge in [-0.1, -0.05) is 60.7 Å². The van der Waals surface area contributed by atoms with Crippen LogP contribution in [0, 0.1) is 12.7 Å². The van der Waals surface area contributed by atoms with Gasteiger partial charge in [0.25, 0.3) is 5.91 Å². The van der Waals surface area contributed by atoms with Gasteiger partial charge in [0.05, 0.1) is 17.1 Å². The molecule has 1 N–H and O–H groups in total. The number of carbonyl (C=O) groups excluding carboxylic acids is 1. The molecule has 0 saturated carbocycles. The molecule has 0 aliphatic heterocycles. The first-order chi connectivity index (χ1) is 13.6. The average molecular weight is 370 g/mol. The molecule has 4 rings (SSSR count). The molecule has 3 aromatic carbocycles. The molecule has 138 valence electrons. The molecule has 0 fully saturated rings. The van der Waals surface area contributed by atoms with Gasteiger partial charge in [-0.05, 0) is 42.3 Å². The molecule has 28 heavy (non-hydrogen) atoms. The molecule has 4 heteroatoms. The number of aromatic nitrogens is 1. The van der Waals surface area contributed by atoms with Gasteiger partial charge >= 0.3 is 0 Å². The van der Waals surface area contributed by atoms with Crippen molar-refractivity contribution in [2.45, 2.75) is 13.0 Å². The fourth-order valence-electron chi connectivity index (χ4n) is 3.38. The molecule has 0 spiro atoms. The molecule has 1 aromatic heterocycles. The number of hydrogen-bond donors (Lipinski definition) is 1. The van der Waals surface area contributed by atoms with E-state index in [1.54, 1.807) is 12.1 Å². The van der Waals surface area contributed by atoms with Crippen molar-refractivity contribution >= 4 is 16.8 Å². The highest BCUT2D eigenvalue weighted by Crippen LogP contribution is 2.25. The van der Waals surface area contributed by atoms with Gasteiger partial charge in [0.1, 0.15) is 5.82 Å². The second-order valence-corrected chi connectivity index (χ2v) is 6.70. The third-order valence-corrected chi connectivity index (χ3v) is 4.68. The van der Waals surface area contributed by atoms with Crippen molar-refractivity contribution in [2.24, 2.45) is 0 Å². The summed E-state index contributed by atoms with van der Waals surface area (Å²) in [7, 11) is 0. The summed E-state index contributed by atoms with van der Waals surface area (Å²) in [5.74, 6) is -0.659. The molecule has 0 saturated heterocycles. The molecule has 0 radical (unpaired) electrons. The van der Waals surface area contributed by atoms with Gasteiger partial charge in [-0.3, -0.25) is 9.78 Å². The van der Waals surface area contributed by atoms with E-state index in [0.29, 0.717) is 22.2 Å². The standard InChI is InChI=1S/C24H19FN2O/c1-16-14-21(20-15-19(25)12-13-22(20)26-16)24(28)27-23(17-8-4-2-5-9-17)18-10-6-3-7-11-18/h2-15,23H,1H3,(H,27,28). The van der Waals surface area contributed by atoms with E-state index in [2.05, 4.69) is 10.3 Å². The van der Waals surface area contributed by atoms with Crippen LogP contribution in [0.25, 0.3) is 10.9 Å². The predicted molar refractivity (Wildman–Crippen MR) is 109 cm³/mol. The zero-order valence-corrected chi connectivity index (χ0v) is 15.4. The van der Waals surface area contributed by atoms with Gasteiger partial charge in [-0.25, -0.2) is 4.39 Å². The Kier molecular flexibility index (Phi) is 4.85. The summed E-state index contributed by atoms with van der Waals surface area (Å²) in [6, 6.07) is 25.3. The van der Waals surface area contributed by atoms with Crippen LogP contribution in [0.5, 0.6) is 0 Å². The van der Waals surface area contributed by atoms with Gasteiger partial charge in [0.2, 0.25) is 0 Å². The molecule has 3 nitrogen and oxygen atoms in total. The topological polar surface area (TPSA) is 42.0 Å². The molecular formula is C24H19FN2O. The Morgan fingerprint density at radius 3 is 2.11 bits per heavy atom. The number of rotatable bonds is 4. The van der Waals surface area contributed by atoms with Gasteiger partial charge < -0.3 is 5.32 Å². The number of pyridine rings is 1. The summed E-state index contributed by atoms with van der Waals surface area (Å²) >= 11 is 0. The van der Waals surface area contributed by atoms with E-state index in [9.17, 15) is 9.18 Å². The van der Waals surface area contributed by atoms with Crippen LogP contribution < -0.4 is 5.32 Å². The largest absolute Gasteiger partial charge is 0.341 e. The van der Waals surface area contributed by atoms with Crippen LogP contribution in [0.3, 0.4) is 0 Å². The number of carbonyl (C=O) groups is 1. The number of nitrogens with zero attached hydrogens (tertiary/aromatic N) is 1. The Labute approximate surface area is 162 Å². The molecule has 0 aliphatic carbocycles. The lowest BCUT2D eigenvalue weighted by Crippen LogP contribution is -2.29. The number of amides is 1. The van der Waals surface area contributed by atoms with Crippen LogP contribution in [0.15, 0.2) is 84.9 Å². The van der Waals surface area contributed by atoms with Crippen molar-refractivity contribution in [2.75, 3.05) is 0 Å². The summed E-state index contributed by atoms with van der Waals surface area (Å²) in [6.07, 6.45) is 0. The van der Waals surface area contributed by atoms with Gasteiger partial charge in [0, 0.05) is 11.1 Å². The number of aryl methyl sites for hydroxylation is 1. The third kappa shape index (κ3) is 3.62. The summed E-state index contributed by atoms with van der Waals surface area (Å²) in [5.41, 5.74) is 3.67. The Morgan fingerprint density at radius 2 is 1.50 bits per heavy atom. The molecule has 0 unspecified atom stereocenters. The van der Waals surface area contributed by atoms with Crippen LogP contribution in [0.2, 0.25) is 0 Å². The predicted octanol–water partition coefficient (Wildman–Crippen LogP) is 5.20. The van der Waals surface area contributed by atoms with E-state index in [-0.39, 0.29) is 11.9 Å². The third-order valence-electron chi connectivity index (χ3n) is 4.68. The van der Waals surface area contributed by atoms with Crippen molar-refractivity contribution in [3.63, 3.8) is 0 Å². The van der Waals surface area contributed by atoms with Crippen molar-refractivity contribution < 1.29 is 9.18 Å². The molecular weight excluding hydrogens is 351 g/mol. The lowest BCUT2D eigenvalue weighted by atomic mass is 9.98. The lowest BCUT2D eigenvalue weighted by molar-refractivity contribution is 0.0944. The molecule has 0 aliphatic rings. The Balaban J connectivity index is 1.77. The number of fused-ring (bicyclic) bond motifs is 1. The molecule has 1 heterocycles. The first-order valence-electron chi connectivity index (χ1n) is 9.09. The summed E-state index contributed by atoms with van der Waals surface area (Å²) < 4.78 is 13.8. The van der Waals surface area contributed by atoms with Crippen molar-refractivity contribution in [3.05, 3.63) is 113 Å². The van der Waals surface area contributed by atoms with Crippen molar-refractivity contribution in [1.29, 1.82) is 0 Å². The first kappa shape index (κ1) is 17.9. The SMILES string of the molecule is Cc1cc(C(=O)NC(c2ccccc2)c2ccccc2)c2cc(F)ccc2n1. The van der Waals surface area contributed by atoms with Gasteiger partial charge in [-0.15, -0.1) is 0 Å². The van der Waals surface area contributed by atoms with Crippen LogP contribution in [0.4, 0.5) is 4.39 Å². The van der Waals surface area contributed by atoms with Gasteiger partial charge in [0.15, 0.2) is 0 Å². The smallest absolute Gasteiger partial charge is 0.252 e. The number of hydrogen-bond acceptors (Lipinski definition) is 2. The maximum Gasteiger partial charge on any atom is 0.252 e. The monoisotopic (exact) mass is 370 g/mol. The van der Waals surface area contributed by atoms with Gasteiger partial charge in [-0.2, -0.15) is 0 Å². The lowest BCUT2D eigenvalue weighted by Gasteiger charge is -2.20. The van der Waals surface area contributed by atoms with Crippen LogP contribution in [0.1, 0.15) is 33.2 Å². The van der Waals surface area contributed by atoms with Crippen LogP contribution in [-0.4, -0.2) is 10.9 Å². The fraction of sp³-hybridized carbons (Fsp3) is 0.0833. The minimum atomic E-state index is -0.394. The van der Waals surface area contributed by atoms with E-state index in [1.807, 2.05) is 67.6 Å². The normalized spacial score (nSPS) is 11.0. The van der Waals surface area contributed by atoms with E-state index in [4.69, 9.17) is 0 Å². The minimum Gasteiger partial charge on any atom is -0.341 e. The number of nitrogens with one attached hydrogen (secondary N) is 1. The highest BCUT2D eigenvalue weighted by Gasteiger charge is 2.20.